The van der Waals surface area contributed by atoms with Crippen LogP contribution in [0, 0.1) is 5.82 Å². The predicted molar refractivity (Wildman–Crippen MR) is 90.3 cm³/mol. The third-order valence-electron chi connectivity index (χ3n) is 3.56. The van der Waals surface area contributed by atoms with Crippen molar-refractivity contribution in [1.82, 2.24) is 9.47 Å². The van der Waals surface area contributed by atoms with Crippen molar-refractivity contribution in [2.24, 2.45) is 0 Å². The van der Waals surface area contributed by atoms with Crippen LogP contribution in [-0.4, -0.2) is 40.9 Å². The Balaban J connectivity index is 1.91. The van der Waals surface area contributed by atoms with Gasteiger partial charge in [-0.1, -0.05) is 12.1 Å². The van der Waals surface area contributed by atoms with Gasteiger partial charge in [0.2, 0.25) is 0 Å². The van der Waals surface area contributed by atoms with Crippen molar-refractivity contribution in [2.45, 2.75) is 0 Å². The zero-order valence-corrected chi connectivity index (χ0v) is 13.8. The molecule has 2 aromatic rings. The van der Waals surface area contributed by atoms with Crippen molar-refractivity contribution in [3.63, 3.8) is 0 Å². The van der Waals surface area contributed by atoms with Crippen LogP contribution < -0.4 is 0 Å². The Kier molecular flexibility index (Phi) is 4.82. The molecule has 1 aromatic heterocycles. The molecule has 1 aromatic carbocycles. The number of imide groups is 1. The van der Waals surface area contributed by atoms with Crippen LogP contribution in [-0.2, 0) is 9.53 Å². The summed E-state index contributed by atoms with van der Waals surface area (Å²) in [5, 5.41) is -0.327. The highest BCUT2D eigenvalue weighted by atomic mass is 32.2. The fourth-order valence-electron chi connectivity index (χ4n) is 2.39. The highest BCUT2D eigenvalue weighted by molar-refractivity contribution is 8.18. The summed E-state index contributed by atoms with van der Waals surface area (Å²) in [7, 11) is 1.51. The van der Waals surface area contributed by atoms with E-state index in [2.05, 4.69) is 0 Å². The van der Waals surface area contributed by atoms with E-state index in [1.807, 2.05) is 0 Å². The normalized spacial score (nSPS) is 16.4. The molecule has 1 aliphatic rings. The van der Waals surface area contributed by atoms with Crippen LogP contribution in [0.1, 0.15) is 5.69 Å². The lowest BCUT2D eigenvalue weighted by molar-refractivity contribution is -0.123. The van der Waals surface area contributed by atoms with E-state index in [0.717, 1.165) is 16.7 Å². The van der Waals surface area contributed by atoms with Gasteiger partial charge in [0.05, 0.1) is 23.7 Å². The van der Waals surface area contributed by atoms with E-state index >= 15 is 0 Å². The van der Waals surface area contributed by atoms with Gasteiger partial charge >= 0.3 is 0 Å². The van der Waals surface area contributed by atoms with Crippen LogP contribution in [0.3, 0.4) is 0 Å². The molecule has 24 heavy (non-hydrogen) atoms. The van der Waals surface area contributed by atoms with E-state index < -0.39 is 0 Å². The maximum absolute atomic E-state index is 14.0. The van der Waals surface area contributed by atoms with Crippen molar-refractivity contribution >= 4 is 29.0 Å². The number of hydrogen-bond donors (Lipinski definition) is 0. The lowest BCUT2D eigenvalue weighted by atomic mass is 10.3. The number of para-hydroxylation sites is 1. The fraction of sp³-hybridized carbons (Fsp3) is 0.176. The Morgan fingerprint density at radius 2 is 2.00 bits per heavy atom. The van der Waals surface area contributed by atoms with Gasteiger partial charge < -0.3 is 9.30 Å². The zero-order valence-electron chi connectivity index (χ0n) is 12.9. The smallest absolute Gasteiger partial charge is 0.293 e. The molecule has 2 amide bonds. The van der Waals surface area contributed by atoms with E-state index in [0.29, 0.717) is 16.3 Å². The predicted octanol–water partition coefficient (Wildman–Crippen LogP) is 3.30. The Morgan fingerprint density at radius 1 is 1.21 bits per heavy atom. The van der Waals surface area contributed by atoms with Crippen LogP contribution in [0.15, 0.2) is 47.5 Å². The van der Waals surface area contributed by atoms with Gasteiger partial charge in [-0.05, 0) is 42.1 Å². The molecule has 0 atom stereocenters. The fourth-order valence-corrected chi connectivity index (χ4v) is 3.24. The summed E-state index contributed by atoms with van der Waals surface area (Å²) in [6, 6.07) is 9.89. The molecular weight excluding hydrogens is 331 g/mol. The molecule has 0 radical (unpaired) electrons. The first kappa shape index (κ1) is 16.5. The minimum atomic E-state index is -0.364. The van der Waals surface area contributed by atoms with Gasteiger partial charge in [-0.2, -0.15) is 0 Å². The number of aromatic nitrogens is 1. The quantitative estimate of drug-likeness (QED) is 0.780. The van der Waals surface area contributed by atoms with Crippen LogP contribution in [0.4, 0.5) is 9.18 Å². The molecular formula is C17H15FN2O3S. The first-order chi connectivity index (χ1) is 11.6. The number of benzene rings is 1. The molecule has 5 nitrogen and oxygen atoms in total. The second kappa shape index (κ2) is 7.02. The topological polar surface area (TPSA) is 51.5 Å². The van der Waals surface area contributed by atoms with Gasteiger partial charge in [-0.3, -0.25) is 14.5 Å². The van der Waals surface area contributed by atoms with E-state index in [-0.39, 0.29) is 30.1 Å². The summed E-state index contributed by atoms with van der Waals surface area (Å²) in [5.74, 6) is -0.722. The van der Waals surface area contributed by atoms with Gasteiger partial charge in [0.1, 0.15) is 5.82 Å². The number of carbonyl (C=O) groups is 2. The lowest BCUT2D eigenvalue weighted by Crippen LogP contribution is -2.31. The number of rotatable bonds is 5. The number of amides is 2. The molecule has 1 saturated heterocycles. The van der Waals surface area contributed by atoms with Crippen molar-refractivity contribution in [3.8, 4) is 5.69 Å². The van der Waals surface area contributed by atoms with Crippen molar-refractivity contribution in [2.75, 3.05) is 20.3 Å². The summed E-state index contributed by atoms with van der Waals surface area (Å²) in [6.07, 6.45) is 3.31. The summed E-state index contributed by atoms with van der Waals surface area (Å²) in [4.78, 5) is 25.7. The third-order valence-corrected chi connectivity index (χ3v) is 4.47. The third kappa shape index (κ3) is 3.13. The summed E-state index contributed by atoms with van der Waals surface area (Å²) >= 11 is 0.874. The molecule has 7 heteroatoms. The Labute approximate surface area is 142 Å². The maximum Gasteiger partial charge on any atom is 0.293 e. The monoisotopic (exact) mass is 346 g/mol. The molecule has 0 aliphatic carbocycles. The average molecular weight is 346 g/mol. The SMILES string of the molecule is COCCN1C(=O)S/C(=C/c2cccn2-c2ccccc2F)C1=O. The largest absolute Gasteiger partial charge is 0.383 e. The van der Waals surface area contributed by atoms with Crippen molar-refractivity contribution < 1.29 is 18.7 Å². The number of halogens is 1. The first-order valence-electron chi connectivity index (χ1n) is 7.28. The average Bonchev–Trinajstić information content (AvgIpc) is 3.12. The van der Waals surface area contributed by atoms with Gasteiger partial charge in [-0.15, -0.1) is 0 Å². The molecule has 124 valence electrons. The zero-order chi connectivity index (χ0) is 17.1. The van der Waals surface area contributed by atoms with Crippen LogP contribution in [0.2, 0.25) is 0 Å². The summed E-state index contributed by atoms with van der Waals surface area (Å²) in [6.45, 7) is 0.504. The van der Waals surface area contributed by atoms with Gasteiger partial charge in [0, 0.05) is 19.0 Å². The van der Waals surface area contributed by atoms with Crippen LogP contribution in [0.5, 0.6) is 0 Å². The first-order valence-corrected chi connectivity index (χ1v) is 8.10. The Hall–Kier alpha value is -2.38. The molecule has 2 heterocycles. The summed E-state index contributed by atoms with van der Waals surface area (Å²) in [5.41, 5.74) is 1.00. The molecule has 1 fully saturated rings. The number of nitrogens with zero attached hydrogens (tertiary/aromatic N) is 2. The number of methoxy groups -OCH3 is 1. The maximum atomic E-state index is 14.0. The van der Waals surface area contributed by atoms with Gasteiger partial charge in [-0.25, -0.2) is 4.39 Å². The van der Waals surface area contributed by atoms with Crippen LogP contribution in [0.25, 0.3) is 11.8 Å². The minimum Gasteiger partial charge on any atom is -0.383 e. The highest BCUT2D eigenvalue weighted by Crippen LogP contribution is 2.32. The lowest BCUT2D eigenvalue weighted by Gasteiger charge is -2.11. The van der Waals surface area contributed by atoms with Gasteiger partial charge in [0.25, 0.3) is 11.1 Å². The Morgan fingerprint density at radius 3 is 2.75 bits per heavy atom. The molecule has 3 rings (SSSR count). The van der Waals surface area contributed by atoms with Crippen molar-refractivity contribution in [1.29, 1.82) is 0 Å². The molecule has 0 bridgehead atoms. The van der Waals surface area contributed by atoms with E-state index in [1.165, 1.54) is 13.2 Å². The van der Waals surface area contributed by atoms with E-state index in [4.69, 9.17) is 4.74 Å². The van der Waals surface area contributed by atoms with Crippen molar-refractivity contribution in [3.05, 3.63) is 59.0 Å². The Bertz CT molecular complexity index is 816. The number of ether oxygens (including phenoxy) is 1. The number of thioether (sulfide) groups is 1. The summed E-state index contributed by atoms with van der Waals surface area (Å²) < 4.78 is 20.5. The molecule has 0 N–H and O–H groups in total. The molecule has 0 spiro atoms. The van der Waals surface area contributed by atoms with Gasteiger partial charge in [0.15, 0.2) is 0 Å². The standard InChI is InChI=1S/C17H15FN2O3S/c1-23-10-9-20-16(21)15(24-17(20)22)11-12-5-4-8-19(12)14-7-3-2-6-13(14)18/h2-8,11H,9-10H2,1H3/b15-11+. The number of hydrogen-bond acceptors (Lipinski definition) is 4. The molecule has 0 saturated carbocycles. The molecule has 0 unspecified atom stereocenters. The van der Waals surface area contributed by atoms with Crippen LogP contribution >= 0.6 is 11.8 Å². The van der Waals surface area contributed by atoms with E-state index in [9.17, 15) is 14.0 Å². The molecule has 1 aliphatic heterocycles. The number of carbonyl (C=O) groups excluding carboxylic acids is 2. The van der Waals surface area contributed by atoms with E-state index in [1.54, 1.807) is 47.2 Å². The minimum absolute atomic E-state index is 0.215. The second-order valence-corrected chi connectivity index (χ2v) is 6.07. The second-order valence-electron chi connectivity index (χ2n) is 5.08. The highest BCUT2D eigenvalue weighted by Gasteiger charge is 2.34.